The van der Waals surface area contributed by atoms with Gasteiger partial charge in [-0.15, -0.1) is 0 Å². The number of amides is 1. The summed E-state index contributed by atoms with van der Waals surface area (Å²) in [5, 5.41) is 12.0. The smallest absolute Gasteiger partial charge is 0.337 e. The van der Waals surface area contributed by atoms with Crippen molar-refractivity contribution < 1.29 is 28.9 Å². The van der Waals surface area contributed by atoms with Gasteiger partial charge in [0.15, 0.2) is 11.5 Å². The van der Waals surface area contributed by atoms with Crippen molar-refractivity contribution in [3.05, 3.63) is 17.7 Å². The topological polar surface area (TPSA) is 94.1 Å². The maximum atomic E-state index is 12.1. The molecule has 1 aromatic carbocycles. The average molecular weight is 307 g/mol. The van der Waals surface area contributed by atoms with Crippen molar-refractivity contribution in [2.24, 2.45) is 0 Å². The molecule has 2 N–H and O–H groups in total. The fourth-order valence-electron chi connectivity index (χ4n) is 2.49. The van der Waals surface area contributed by atoms with E-state index in [0.29, 0.717) is 44.2 Å². The Labute approximate surface area is 127 Å². The van der Waals surface area contributed by atoms with Crippen LogP contribution in [-0.2, 0) is 9.53 Å². The van der Waals surface area contributed by atoms with Crippen LogP contribution in [0.1, 0.15) is 29.6 Å². The van der Waals surface area contributed by atoms with Gasteiger partial charge in [0.1, 0.15) is 6.10 Å². The maximum Gasteiger partial charge on any atom is 0.337 e. The normalized spacial score (nSPS) is 20.3. The minimum Gasteiger partial charge on any atom is -0.490 e. The van der Waals surface area contributed by atoms with E-state index in [0.717, 1.165) is 6.42 Å². The first kappa shape index (κ1) is 14.6. The molecule has 1 fully saturated rings. The molecule has 118 valence electrons. The van der Waals surface area contributed by atoms with Gasteiger partial charge in [-0.05, 0) is 12.8 Å². The lowest BCUT2D eigenvalue weighted by Gasteiger charge is -2.15. The van der Waals surface area contributed by atoms with Gasteiger partial charge >= 0.3 is 5.97 Å². The van der Waals surface area contributed by atoms with E-state index in [-0.39, 0.29) is 17.2 Å². The average Bonchev–Trinajstić information content (AvgIpc) is 2.93. The molecule has 22 heavy (non-hydrogen) atoms. The highest BCUT2D eigenvalue weighted by Crippen LogP contribution is 2.35. The van der Waals surface area contributed by atoms with Crippen LogP contribution < -0.4 is 14.8 Å². The lowest BCUT2D eigenvalue weighted by Crippen LogP contribution is -2.27. The van der Waals surface area contributed by atoms with Gasteiger partial charge in [0.25, 0.3) is 5.91 Å². The first-order valence-electron chi connectivity index (χ1n) is 7.24. The Morgan fingerprint density at radius 1 is 1.09 bits per heavy atom. The molecule has 0 aromatic heterocycles. The van der Waals surface area contributed by atoms with E-state index in [9.17, 15) is 14.7 Å². The van der Waals surface area contributed by atoms with Crippen LogP contribution in [0.4, 0.5) is 5.69 Å². The summed E-state index contributed by atoms with van der Waals surface area (Å²) in [7, 11) is 0. The molecule has 1 saturated heterocycles. The molecule has 2 aliphatic rings. The summed E-state index contributed by atoms with van der Waals surface area (Å²) >= 11 is 0. The van der Waals surface area contributed by atoms with Gasteiger partial charge in [-0.2, -0.15) is 0 Å². The Hall–Kier alpha value is -2.28. The molecule has 1 unspecified atom stereocenters. The van der Waals surface area contributed by atoms with Gasteiger partial charge in [-0.25, -0.2) is 4.79 Å². The summed E-state index contributed by atoms with van der Waals surface area (Å²) < 4.78 is 16.3. The monoisotopic (exact) mass is 307 g/mol. The lowest BCUT2D eigenvalue weighted by molar-refractivity contribution is -0.124. The van der Waals surface area contributed by atoms with E-state index in [1.54, 1.807) is 0 Å². The maximum absolute atomic E-state index is 12.1. The number of ether oxygens (including phenoxy) is 3. The van der Waals surface area contributed by atoms with E-state index >= 15 is 0 Å². The number of anilines is 1. The quantitative estimate of drug-likeness (QED) is 0.882. The van der Waals surface area contributed by atoms with Crippen molar-refractivity contribution in [1.29, 1.82) is 0 Å². The van der Waals surface area contributed by atoms with E-state index in [1.807, 2.05) is 0 Å². The van der Waals surface area contributed by atoms with Crippen LogP contribution in [-0.4, -0.2) is 42.9 Å². The lowest BCUT2D eigenvalue weighted by atomic mass is 10.1. The molecule has 0 aliphatic carbocycles. The predicted molar refractivity (Wildman–Crippen MR) is 76.6 cm³/mol. The SMILES string of the molecule is O=C(O)c1cc2c(cc1NC(=O)C1CCCO1)OCCCO2. The third kappa shape index (κ3) is 2.99. The standard InChI is InChI=1S/C15H17NO6/c17-14(11-3-1-4-20-11)16-10-8-13-12(7-9(10)15(18)19)21-5-2-6-22-13/h7-8,11H,1-6H2,(H,16,17)(H,18,19). The van der Waals surface area contributed by atoms with Crippen molar-refractivity contribution in [2.75, 3.05) is 25.1 Å². The Bertz CT molecular complexity index is 594. The Morgan fingerprint density at radius 3 is 2.45 bits per heavy atom. The summed E-state index contributed by atoms with van der Waals surface area (Å²) in [6, 6.07) is 2.88. The number of nitrogens with one attached hydrogen (secondary N) is 1. The van der Waals surface area contributed by atoms with E-state index in [2.05, 4.69) is 5.32 Å². The van der Waals surface area contributed by atoms with Crippen LogP contribution in [0.5, 0.6) is 11.5 Å². The fraction of sp³-hybridized carbons (Fsp3) is 0.467. The van der Waals surface area contributed by atoms with Crippen LogP contribution in [0.15, 0.2) is 12.1 Å². The number of fused-ring (bicyclic) bond motifs is 1. The van der Waals surface area contributed by atoms with Crippen molar-refractivity contribution >= 4 is 17.6 Å². The number of carbonyl (C=O) groups is 2. The molecule has 1 aromatic rings. The number of carboxylic acids is 1. The van der Waals surface area contributed by atoms with Crippen LogP contribution in [0.2, 0.25) is 0 Å². The van der Waals surface area contributed by atoms with Crippen molar-refractivity contribution in [1.82, 2.24) is 0 Å². The molecule has 2 aliphatic heterocycles. The molecule has 7 nitrogen and oxygen atoms in total. The largest absolute Gasteiger partial charge is 0.490 e. The molecular formula is C15H17NO6. The summed E-state index contributed by atoms with van der Waals surface area (Å²) in [4.78, 5) is 23.5. The van der Waals surface area contributed by atoms with Gasteiger partial charge in [0, 0.05) is 25.2 Å². The number of carbonyl (C=O) groups excluding carboxylic acids is 1. The van der Waals surface area contributed by atoms with Crippen LogP contribution in [0, 0.1) is 0 Å². The van der Waals surface area contributed by atoms with E-state index in [4.69, 9.17) is 14.2 Å². The Morgan fingerprint density at radius 2 is 1.82 bits per heavy atom. The minimum absolute atomic E-state index is 0.0319. The zero-order valence-corrected chi connectivity index (χ0v) is 12.0. The number of aromatic carboxylic acids is 1. The molecular weight excluding hydrogens is 290 g/mol. The molecule has 1 atom stereocenters. The predicted octanol–water partition coefficient (Wildman–Crippen LogP) is 1.66. The third-order valence-electron chi connectivity index (χ3n) is 3.60. The second kappa shape index (κ2) is 6.23. The highest BCUT2D eigenvalue weighted by atomic mass is 16.5. The number of hydrogen-bond acceptors (Lipinski definition) is 5. The number of rotatable bonds is 3. The van der Waals surface area contributed by atoms with Crippen LogP contribution in [0.25, 0.3) is 0 Å². The summed E-state index contributed by atoms with van der Waals surface area (Å²) in [5.41, 5.74) is 0.160. The summed E-state index contributed by atoms with van der Waals surface area (Å²) in [6.07, 6.45) is 1.65. The highest BCUT2D eigenvalue weighted by Gasteiger charge is 2.26. The molecule has 0 bridgehead atoms. The van der Waals surface area contributed by atoms with Crippen molar-refractivity contribution in [3.63, 3.8) is 0 Å². The number of benzene rings is 1. The highest BCUT2D eigenvalue weighted by molar-refractivity contribution is 6.02. The van der Waals surface area contributed by atoms with Gasteiger partial charge in [0.05, 0.1) is 24.5 Å². The molecule has 2 heterocycles. The van der Waals surface area contributed by atoms with Gasteiger partial charge < -0.3 is 24.6 Å². The zero-order valence-electron chi connectivity index (χ0n) is 12.0. The van der Waals surface area contributed by atoms with Crippen LogP contribution >= 0.6 is 0 Å². The Balaban J connectivity index is 1.89. The van der Waals surface area contributed by atoms with E-state index < -0.39 is 12.1 Å². The fourth-order valence-corrected chi connectivity index (χ4v) is 2.49. The summed E-state index contributed by atoms with van der Waals surface area (Å²) in [5.74, 6) is -0.664. The second-order valence-electron chi connectivity index (χ2n) is 5.19. The van der Waals surface area contributed by atoms with E-state index in [1.165, 1.54) is 12.1 Å². The van der Waals surface area contributed by atoms with Crippen molar-refractivity contribution in [3.8, 4) is 11.5 Å². The first-order valence-corrected chi connectivity index (χ1v) is 7.24. The number of carboxylic acid groups (broad SMARTS) is 1. The molecule has 0 saturated carbocycles. The summed E-state index contributed by atoms with van der Waals surface area (Å²) in [6.45, 7) is 1.50. The first-order chi connectivity index (χ1) is 10.6. The van der Waals surface area contributed by atoms with Gasteiger partial charge in [-0.1, -0.05) is 0 Å². The molecule has 0 radical (unpaired) electrons. The van der Waals surface area contributed by atoms with Crippen LogP contribution in [0.3, 0.4) is 0 Å². The molecule has 7 heteroatoms. The molecule has 3 rings (SSSR count). The molecule has 1 amide bonds. The second-order valence-corrected chi connectivity index (χ2v) is 5.19. The zero-order chi connectivity index (χ0) is 15.5. The third-order valence-corrected chi connectivity index (χ3v) is 3.60. The number of hydrogen-bond donors (Lipinski definition) is 2. The van der Waals surface area contributed by atoms with Crippen molar-refractivity contribution in [2.45, 2.75) is 25.4 Å². The Kier molecular flexibility index (Phi) is 4.15. The minimum atomic E-state index is -1.14. The molecule has 0 spiro atoms. The van der Waals surface area contributed by atoms with Gasteiger partial charge in [-0.3, -0.25) is 4.79 Å². The van der Waals surface area contributed by atoms with Gasteiger partial charge in [0.2, 0.25) is 0 Å².